The molecule has 2 heterocycles. The number of likely N-dealkylation sites (N-methyl/N-ethyl adjacent to an activating group) is 1. The molecule has 1 aromatic rings. The maximum atomic E-state index is 12.5. The van der Waals surface area contributed by atoms with Gasteiger partial charge < -0.3 is 14.7 Å². The van der Waals surface area contributed by atoms with Gasteiger partial charge in [0.15, 0.2) is 0 Å². The Hall–Kier alpha value is -0.910. The van der Waals surface area contributed by atoms with Gasteiger partial charge in [0.2, 0.25) is 0 Å². The molecule has 20 heavy (non-hydrogen) atoms. The van der Waals surface area contributed by atoms with Gasteiger partial charge in [-0.15, -0.1) is 11.3 Å². The van der Waals surface area contributed by atoms with E-state index in [1.165, 1.54) is 16.9 Å². The zero-order valence-corrected chi connectivity index (χ0v) is 12.7. The number of carbonyl (C=O) groups excluding carboxylic acids is 1. The summed E-state index contributed by atoms with van der Waals surface area (Å²) in [6.45, 7) is 1.54. The lowest BCUT2D eigenvalue weighted by molar-refractivity contribution is -0.0733. The maximum absolute atomic E-state index is 12.5. The number of ether oxygens (including phenoxy) is 1. The Morgan fingerprint density at radius 1 is 1.45 bits per heavy atom. The van der Waals surface area contributed by atoms with Crippen LogP contribution in [-0.4, -0.2) is 48.3 Å². The molecule has 1 saturated heterocycles. The normalized spacial score (nSPS) is 20.7. The second-order valence-corrected chi connectivity index (χ2v) is 7.05. The summed E-state index contributed by atoms with van der Waals surface area (Å²) < 4.78 is 5.27. The number of fused-ring (bicyclic) bond motifs is 1. The molecule has 2 aliphatic rings. The van der Waals surface area contributed by atoms with Gasteiger partial charge in [-0.3, -0.25) is 4.79 Å². The van der Waals surface area contributed by atoms with E-state index >= 15 is 0 Å². The van der Waals surface area contributed by atoms with E-state index < -0.39 is 5.60 Å². The highest BCUT2D eigenvalue weighted by Crippen LogP contribution is 2.31. The fraction of sp³-hybridized carbons (Fsp3) is 0.667. The minimum Gasteiger partial charge on any atom is -0.388 e. The van der Waals surface area contributed by atoms with E-state index in [2.05, 4.69) is 0 Å². The zero-order chi connectivity index (χ0) is 14.2. The molecule has 3 rings (SSSR count). The van der Waals surface area contributed by atoms with E-state index in [0.29, 0.717) is 32.6 Å². The van der Waals surface area contributed by atoms with Crippen molar-refractivity contribution in [3.63, 3.8) is 0 Å². The first kappa shape index (κ1) is 14.0. The number of amides is 1. The van der Waals surface area contributed by atoms with Gasteiger partial charge in [-0.1, -0.05) is 0 Å². The van der Waals surface area contributed by atoms with Crippen molar-refractivity contribution in [2.24, 2.45) is 0 Å². The molecule has 1 N–H and O–H groups in total. The lowest BCUT2D eigenvalue weighted by Crippen LogP contribution is -2.47. The molecule has 1 fully saturated rings. The number of hydrogen-bond donors (Lipinski definition) is 1. The molecule has 110 valence electrons. The molecule has 0 spiro atoms. The SMILES string of the molecule is CN(CC1(O)CCOCC1)C(=O)c1cc2c(s1)CCC2. The highest BCUT2D eigenvalue weighted by molar-refractivity contribution is 7.14. The van der Waals surface area contributed by atoms with Crippen molar-refractivity contribution >= 4 is 17.2 Å². The Morgan fingerprint density at radius 3 is 2.90 bits per heavy atom. The van der Waals surface area contributed by atoms with Gasteiger partial charge in [-0.2, -0.15) is 0 Å². The fourth-order valence-corrected chi connectivity index (χ4v) is 4.29. The summed E-state index contributed by atoms with van der Waals surface area (Å²) in [5.74, 6) is 0.0318. The molecular formula is C15H21NO3S. The quantitative estimate of drug-likeness (QED) is 0.926. The topological polar surface area (TPSA) is 49.8 Å². The molecule has 1 aliphatic heterocycles. The molecule has 0 aromatic carbocycles. The van der Waals surface area contributed by atoms with Crippen molar-refractivity contribution in [3.05, 3.63) is 21.4 Å². The van der Waals surface area contributed by atoms with Crippen LogP contribution in [0.2, 0.25) is 0 Å². The van der Waals surface area contributed by atoms with Gasteiger partial charge in [0, 0.05) is 44.5 Å². The van der Waals surface area contributed by atoms with E-state index in [4.69, 9.17) is 4.74 Å². The molecule has 0 bridgehead atoms. The number of carbonyl (C=O) groups is 1. The third-order valence-electron chi connectivity index (χ3n) is 4.26. The Balaban J connectivity index is 1.66. The summed E-state index contributed by atoms with van der Waals surface area (Å²) in [6.07, 6.45) is 4.63. The van der Waals surface area contributed by atoms with Gasteiger partial charge in [0.25, 0.3) is 5.91 Å². The van der Waals surface area contributed by atoms with E-state index in [9.17, 15) is 9.90 Å². The molecule has 0 saturated carbocycles. The van der Waals surface area contributed by atoms with E-state index in [1.807, 2.05) is 6.07 Å². The maximum Gasteiger partial charge on any atom is 0.263 e. The second-order valence-electron chi connectivity index (χ2n) is 5.91. The van der Waals surface area contributed by atoms with Crippen LogP contribution in [0.1, 0.15) is 39.4 Å². The number of thiophene rings is 1. The van der Waals surface area contributed by atoms with Crippen LogP contribution in [0.5, 0.6) is 0 Å². The second kappa shape index (κ2) is 5.47. The predicted molar refractivity (Wildman–Crippen MR) is 78.3 cm³/mol. The van der Waals surface area contributed by atoms with Crippen molar-refractivity contribution in [1.29, 1.82) is 0 Å². The van der Waals surface area contributed by atoms with Crippen molar-refractivity contribution < 1.29 is 14.6 Å². The van der Waals surface area contributed by atoms with Gasteiger partial charge in [-0.05, 0) is 30.9 Å². The van der Waals surface area contributed by atoms with Crippen LogP contribution in [0.4, 0.5) is 0 Å². The summed E-state index contributed by atoms with van der Waals surface area (Å²) in [5.41, 5.74) is 0.555. The van der Waals surface area contributed by atoms with Crippen molar-refractivity contribution in [2.45, 2.75) is 37.7 Å². The Labute approximate surface area is 123 Å². The van der Waals surface area contributed by atoms with Crippen molar-refractivity contribution in [2.75, 3.05) is 26.8 Å². The van der Waals surface area contributed by atoms with E-state index in [1.54, 1.807) is 23.3 Å². The predicted octanol–water partition coefficient (Wildman–Crippen LogP) is 1.85. The highest BCUT2D eigenvalue weighted by Gasteiger charge is 2.33. The van der Waals surface area contributed by atoms with Crippen molar-refractivity contribution in [3.8, 4) is 0 Å². The standard InChI is InChI=1S/C15H21NO3S/c1-16(10-15(18)5-7-19-8-6-15)14(17)13-9-11-3-2-4-12(11)20-13/h9,18H,2-8,10H2,1H3. The van der Waals surface area contributed by atoms with Crippen LogP contribution in [0.15, 0.2) is 6.07 Å². The summed E-state index contributed by atoms with van der Waals surface area (Å²) in [6, 6.07) is 2.04. The van der Waals surface area contributed by atoms with Gasteiger partial charge in [-0.25, -0.2) is 0 Å². The molecule has 0 atom stereocenters. The number of hydrogen-bond acceptors (Lipinski definition) is 4. The van der Waals surface area contributed by atoms with Crippen molar-refractivity contribution in [1.82, 2.24) is 4.90 Å². The lowest BCUT2D eigenvalue weighted by Gasteiger charge is -2.35. The van der Waals surface area contributed by atoms with Gasteiger partial charge in [0.05, 0.1) is 10.5 Å². The Bertz CT molecular complexity index is 484. The third kappa shape index (κ3) is 2.75. The molecule has 1 aliphatic carbocycles. The molecule has 0 radical (unpaired) electrons. The number of aryl methyl sites for hydroxylation is 2. The zero-order valence-electron chi connectivity index (χ0n) is 11.9. The summed E-state index contributed by atoms with van der Waals surface area (Å²) in [4.78, 5) is 16.3. The molecule has 5 heteroatoms. The average molecular weight is 295 g/mol. The first-order chi connectivity index (χ1) is 9.57. The minimum absolute atomic E-state index is 0.0318. The van der Waals surface area contributed by atoms with Gasteiger partial charge >= 0.3 is 0 Å². The molecule has 1 aromatic heterocycles. The average Bonchev–Trinajstić information content (AvgIpc) is 2.98. The Kier molecular flexibility index (Phi) is 3.84. The lowest BCUT2D eigenvalue weighted by atomic mass is 9.94. The third-order valence-corrected chi connectivity index (χ3v) is 5.48. The van der Waals surface area contributed by atoms with Crippen LogP contribution < -0.4 is 0 Å². The molecule has 0 unspecified atom stereocenters. The number of aliphatic hydroxyl groups is 1. The van der Waals surface area contributed by atoms with Crippen LogP contribution >= 0.6 is 11.3 Å². The van der Waals surface area contributed by atoms with E-state index in [-0.39, 0.29) is 5.91 Å². The number of nitrogens with zero attached hydrogens (tertiary/aromatic N) is 1. The summed E-state index contributed by atoms with van der Waals surface area (Å²) >= 11 is 1.62. The largest absolute Gasteiger partial charge is 0.388 e. The van der Waals surface area contributed by atoms with Crippen LogP contribution in [0, 0.1) is 0 Å². The molecular weight excluding hydrogens is 274 g/mol. The minimum atomic E-state index is -0.789. The van der Waals surface area contributed by atoms with Crippen LogP contribution in [-0.2, 0) is 17.6 Å². The first-order valence-corrected chi connectivity index (χ1v) is 8.06. The fourth-order valence-electron chi connectivity index (χ4n) is 3.05. The van der Waals surface area contributed by atoms with Gasteiger partial charge in [0.1, 0.15) is 0 Å². The molecule has 1 amide bonds. The van der Waals surface area contributed by atoms with Crippen LogP contribution in [0.3, 0.4) is 0 Å². The van der Waals surface area contributed by atoms with E-state index in [0.717, 1.165) is 17.7 Å². The summed E-state index contributed by atoms with van der Waals surface area (Å²) in [5, 5.41) is 10.5. The Morgan fingerprint density at radius 2 is 2.20 bits per heavy atom. The number of rotatable bonds is 3. The smallest absolute Gasteiger partial charge is 0.263 e. The molecule has 4 nitrogen and oxygen atoms in total. The first-order valence-electron chi connectivity index (χ1n) is 7.25. The monoisotopic (exact) mass is 295 g/mol. The summed E-state index contributed by atoms with van der Waals surface area (Å²) in [7, 11) is 1.78. The van der Waals surface area contributed by atoms with Crippen LogP contribution in [0.25, 0.3) is 0 Å². The highest BCUT2D eigenvalue weighted by atomic mass is 32.1.